The van der Waals surface area contributed by atoms with Crippen LogP contribution in [0.1, 0.15) is 10.5 Å². The molecule has 0 aliphatic carbocycles. The van der Waals surface area contributed by atoms with E-state index in [9.17, 15) is 9.18 Å². The van der Waals surface area contributed by atoms with Crippen molar-refractivity contribution in [2.75, 3.05) is 0 Å². The van der Waals surface area contributed by atoms with Crippen molar-refractivity contribution in [2.24, 2.45) is 0 Å². The standard InChI is InChI=1S/C6H3BrFNO2/c7-4-1-3(8)2-9-5(4)6(10)11/h1-2H,(H,10,11). The van der Waals surface area contributed by atoms with Crippen LogP contribution in [0.15, 0.2) is 16.7 Å². The fourth-order valence-corrected chi connectivity index (χ4v) is 1.06. The molecule has 0 unspecified atom stereocenters. The highest BCUT2D eigenvalue weighted by Gasteiger charge is 2.09. The van der Waals surface area contributed by atoms with E-state index in [1.54, 1.807) is 0 Å². The molecule has 1 aromatic heterocycles. The first-order chi connectivity index (χ1) is 5.11. The number of hydrogen-bond acceptors (Lipinski definition) is 2. The Morgan fingerprint density at radius 3 is 2.82 bits per heavy atom. The Balaban J connectivity index is 3.20. The number of aromatic nitrogens is 1. The van der Waals surface area contributed by atoms with E-state index >= 15 is 0 Å². The number of carboxylic acid groups (broad SMARTS) is 1. The monoisotopic (exact) mass is 219 g/mol. The molecule has 5 heteroatoms. The summed E-state index contributed by atoms with van der Waals surface area (Å²) < 4.78 is 12.5. The molecule has 1 aromatic rings. The van der Waals surface area contributed by atoms with Crippen molar-refractivity contribution in [3.63, 3.8) is 0 Å². The van der Waals surface area contributed by atoms with Gasteiger partial charge in [-0.2, -0.15) is 0 Å². The lowest BCUT2D eigenvalue weighted by Crippen LogP contribution is -2.01. The van der Waals surface area contributed by atoms with E-state index < -0.39 is 11.8 Å². The molecule has 0 radical (unpaired) electrons. The van der Waals surface area contributed by atoms with Crippen LogP contribution in [0.5, 0.6) is 0 Å². The largest absolute Gasteiger partial charge is 0.476 e. The number of nitrogens with zero attached hydrogens (tertiary/aromatic N) is 1. The van der Waals surface area contributed by atoms with Gasteiger partial charge in [0, 0.05) is 0 Å². The van der Waals surface area contributed by atoms with Crippen molar-refractivity contribution in [1.29, 1.82) is 0 Å². The van der Waals surface area contributed by atoms with Gasteiger partial charge in [0.15, 0.2) is 5.69 Å². The fourth-order valence-electron chi connectivity index (χ4n) is 0.572. The molecule has 0 aromatic carbocycles. The molecular formula is C6H3BrFNO2. The quantitative estimate of drug-likeness (QED) is 0.783. The van der Waals surface area contributed by atoms with Gasteiger partial charge in [0.1, 0.15) is 5.82 Å². The molecule has 3 nitrogen and oxygen atoms in total. The minimum absolute atomic E-state index is 0.144. The zero-order chi connectivity index (χ0) is 8.43. The van der Waals surface area contributed by atoms with E-state index in [1.807, 2.05) is 0 Å². The predicted molar refractivity (Wildman–Crippen MR) is 38.9 cm³/mol. The summed E-state index contributed by atoms with van der Waals surface area (Å²) >= 11 is 2.86. The Kier molecular flexibility index (Phi) is 2.19. The van der Waals surface area contributed by atoms with Gasteiger partial charge in [0.2, 0.25) is 0 Å². The zero-order valence-corrected chi connectivity index (χ0v) is 6.80. The first-order valence-corrected chi connectivity index (χ1v) is 3.45. The third-order valence-electron chi connectivity index (χ3n) is 1.01. The number of aromatic carboxylic acids is 1. The molecule has 1 heterocycles. The summed E-state index contributed by atoms with van der Waals surface area (Å²) in [6.45, 7) is 0. The number of rotatable bonds is 1. The van der Waals surface area contributed by atoms with Crippen LogP contribution in [0, 0.1) is 5.82 Å². The fraction of sp³-hybridized carbons (Fsp3) is 0. The van der Waals surface area contributed by atoms with Crippen LogP contribution in [-0.4, -0.2) is 16.1 Å². The van der Waals surface area contributed by atoms with Gasteiger partial charge >= 0.3 is 5.97 Å². The van der Waals surface area contributed by atoms with Gasteiger partial charge in [-0.3, -0.25) is 0 Å². The highest BCUT2D eigenvalue weighted by Crippen LogP contribution is 2.14. The van der Waals surface area contributed by atoms with E-state index in [0.717, 1.165) is 12.3 Å². The van der Waals surface area contributed by atoms with Gasteiger partial charge in [-0.05, 0) is 22.0 Å². The molecule has 1 rings (SSSR count). The van der Waals surface area contributed by atoms with Gasteiger partial charge in [0.05, 0.1) is 10.7 Å². The number of carbonyl (C=O) groups is 1. The normalized spacial score (nSPS) is 9.64. The van der Waals surface area contributed by atoms with Crippen LogP contribution >= 0.6 is 15.9 Å². The van der Waals surface area contributed by atoms with E-state index in [4.69, 9.17) is 5.11 Å². The lowest BCUT2D eigenvalue weighted by Gasteiger charge is -1.95. The molecule has 0 fully saturated rings. The number of pyridine rings is 1. The maximum atomic E-state index is 12.3. The third-order valence-corrected chi connectivity index (χ3v) is 1.61. The average molecular weight is 220 g/mol. The minimum Gasteiger partial charge on any atom is -0.476 e. The molecule has 0 aliphatic rings. The molecule has 0 saturated heterocycles. The van der Waals surface area contributed by atoms with Crippen molar-refractivity contribution in [3.05, 3.63) is 28.2 Å². The molecule has 0 aliphatic heterocycles. The van der Waals surface area contributed by atoms with Crippen LogP contribution in [0.25, 0.3) is 0 Å². The molecule has 0 spiro atoms. The minimum atomic E-state index is -1.18. The van der Waals surface area contributed by atoms with Crippen LogP contribution in [0.3, 0.4) is 0 Å². The molecule has 0 amide bonds. The summed E-state index contributed by atoms with van der Waals surface area (Å²) in [4.78, 5) is 13.7. The smallest absolute Gasteiger partial charge is 0.355 e. The first kappa shape index (κ1) is 8.13. The second-order valence-corrected chi connectivity index (χ2v) is 2.64. The number of halogens is 2. The third kappa shape index (κ3) is 1.74. The summed E-state index contributed by atoms with van der Waals surface area (Å²) in [6, 6.07) is 1.05. The maximum absolute atomic E-state index is 12.3. The zero-order valence-electron chi connectivity index (χ0n) is 5.21. The average Bonchev–Trinajstić information content (AvgIpc) is 1.85. The van der Waals surface area contributed by atoms with Crippen LogP contribution in [0.4, 0.5) is 4.39 Å². The van der Waals surface area contributed by atoms with Crippen LogP contribution in [-0.2, 0) is 0 Å². The van der Waals surface area contributed by atoms with E-state index in [-0.39, 0.29) is 10.2 Å². The molecule has 0 bridgehead atoms. The number of hydrogen-bond donors (Lipinski definition) is 1. The van der Waals surface area contributed by atoms with Crippen molar-refractivity contribution < 1.29 is 14.3 Å². The van der Waals surface area contributed by atoms with E-state index in [0.29, 0.717) is 0 Å². The molecule has 58 valence electrons. The highest BCUT2D eigenvalue weighted by molar-refractivity contribution is 9.10. The summed E-state index contributed by atoms with van der Waals surface area (Å²) in [5, 5.41) is 8.44. The Morgan fingerprint density at radius 2 is 2.36 bits per heavy atom. The second kappa shape index (κ2) is 2.96. The summed E-state index contributed by atoms with van der Waals surface area (Å²) in [7, 11) is 0. The molecular weight excluding hydrogens is 217 g/mol. The topological polar surface area (TPSA) is 50.2 Å². The summed E-state index contributed by atoms with van der Waals surface area (Å²) in [6.07, 6.45) is 0.855. The van der Waals surface area contributed by atoms with Crippen LogP contribution in [0.2, 0.25) is 0 Å². The second-order valence-electron chi connectivity index (χ2n) is 1.79. The molecule has 1 N–H and O–H groups in total. The maximum Gasteiger partial charge on any atom is 0.355 e. The molecule has 11 heavy (non-hydrogen) atoms. The highest BCUT2D eigenvalue weighted by atomic mass is 79.9. The van der Waals surface area contributed by atoms with Gasteiger partial charge in [0.25, 0.3) is 0 Å². The predicted octanol–water partition coefficient (Wildman–Crippen LogP) is 1.68. The van der Waals surface area contributed by atoms with E-state index in [2.05, 4.69) is 20.9 Å². The molecule has 0 saturated carbocycles. The Hall–Kier alpha value is -0.970. The van der Waals surface area contributed by atoms with Gasteiger partial charge in [-0.15, -0.1) is 0 Å². The van der Waals surface area contributed by atoms with Gasteiger partial charge in [-0.25, -0.2) is 14.2 Å². The van der Waals surface area contributed by atoms with Crippen molar-refractivity contribution >= 4 is 21.9 Å². The summed E-state index contributed by atoms with van der Waals surface area (Å²) in [5.74, 6) is -1.75. The number of carboxylic acids is 1. The SMILES string of the molecule is O=C(O)c1ncc(F)cc1Br. The first-order valence-electron chi connectivity index (χ1n) is 2.65. The lowest BCUT2D eigenvalue weighted by molar-refractivity contribution is 0.0689. The Labute approximate surface area is 70.0 Å². The Bertz CT molecular complexity index is 303. The van der Waals surface area contributed by atoms with Crippen molar-refractivity contribution in [1.82, 2.24) is 4.98 Å². The lowest BCUT2D eigenvalue weighted by atomic mass is 10.3. The van der Waals surface area contributed by atoms with Crippen molar-refractivity contribution in [2.45, 2.75) is 0 Å². The van der Waals surface area contributed by atoms with Crippen molar-refractivity contribution in [3.8, 4) is 0 Å². The van der Waals surface area contributed by atoms with Gasteiger partial charge < -0.3 is 5.11 Å². The summed E-state index contributed by atoms with van der Waals surface area (Å²) in [5.41, 5.74) is -0.189. The van der Waals surface area contributed by atoms with E-state index in [1.165, 1.54) is 0 Å². The molecule has 0 atom stereocenters. The van der Waals surface area contributed by atoms with Crippen LogP contribution < -0.4 is 0 Å². The van der Waals surface area contributed by atoms with Gasteiger partial charge in [-0.1, -0.05) is 0 Å². The Morgan fingerprint density at radius 1 is 1.73 bits per heavy atom.